The molecule has 0 bridgehead atoms. The molecule has 0 heterocycles. The molecule has 29 heavy (non-hydrogen) atoms. The second-order valence-electron chi connectivity index (χ2n) is 10.6. The second kappa shape index (κ2) is 5.71. The average molecular weight is 391 g/mol. The van der Waals surface area contributed by atoms with Crippen LogP contribution >= 0.6 is 0 Å². The molecule has 0 aromatic heterocycles. The van der Waals surface area contributed by atoms with Gasteiger partial charge in [0.25, 0.3) is 0 Å². The Balaban J connectivity index is 1.78. The molecule has 0 saturated heterocycles. The number of hydrogen-bond donors (Lipinski definition) is 1. The van der Waals surface area contributed by atoms with E-state index in [1.807, 2.05) is 6.92 Å². The van der Waals surface area contributed by atoms with Gasteiger partial charge in [0, 0.05) is 17.9 Å². The van der Waals surface area contributed by atoms with Crippen LogP contribution in [0.25, 0.3) is 17.2 Å². The van der Waals surface area contributed by atoms with Crippen LogP contribution in [0.15, 0.2) is 17.9 Å². The molecule has 4 aliphatic rings. The number of benzene rings is 1. The molecule has 1 aromatic rings. The first-order valence-corrected chi connectivity index (χ1v) is 10.9. The molecule has 0 radical (unpaired) electrons. The van der Waals surface area contributed by atoms with E-state index in [0.29, 0.717) is 29.6 Å². The number of carbonyl (C=O) groups is 2. The molecule has 2 fully saturated rings. The van der Waals surface area contributed by atoms with E-state index in [2.05, 4.69) is 39.8 Å². The maximum Gasteiger partial charge on any atom is 0.221 e. The zero-order valence-corrected chi connectivity index (χ0v) is 18.1. The molecule has 0 spiro atoms. The number of hydrogen-bond acceptors (Lipinski definition) is 3. The molecular formula is C26H30O3. The maximum absolute atomic E-state index is 12.5. The number of ketones is 2. The van der Waals surface area contributed by atoms with Crippen molar-refractivity contribution < 1.29 is 14.7 Å². The monoisotopic (exact) mass is 390 g/mol. The summed E-state index contributed by atoms with van der Waals surface area (Å²) in [6.07, 6.45) is 5.45. The minimum absolute atomic E-state index is 0.0483. The third kappa shape index (κ3) is 2.25. The Bertz CT molecular complexity index is 1140. The highest BCUT2D eigenvalue weighted by atomic mass is 16.3. The Morgan fingerprint density at radius 3 is 2.55 bits per heavy atom. The number of rotatable bonds is 0. The van der Waals surface area contributed by atoms with E-state index in [0.717, 1.165) is 30.0 Å². The summed E-state index contributed by atoms with van der Waals surface area (Å²) >= 11 is 0. The first-order chi connectivity index (χ1) is 13.6. The Morgan fingerprint density at radius 1 is 1.10 bits per heavy atom. The van der Waals surface area contributed by atoms with E-state index in [9.17, 15) is 14.7 Å². The number of aliphatic hydroxyl groups is 1. The average Bonchev–Trinajstić information content (AvgIpc) is 2.90. The standard InChI is InChI=1S/C26H30O3/c1-13-10-19-23-15(3)22-17-11-20(27)24(29)14(2)16(17)6-7-18(22)26(23,5)9-8-25(19,4)12-21(13)28/h6-7,11,13,19,23,29H,8-10,12H2,1-5H3. The molecule has 2 saturated carbocycles. The van der Waals surface area contributed by atoms with Gasteiger partial charge < -0.3 is 5.11 Å². The van der Waals surface area contributed by atoms with Crippen LogP contribution in [0.1, 0.15) is 71.4 Å². The number of Topliss-reactive ketones (excluding diaryl/α,β-unsaturated/α-hetero) is 2. The lowest BCUT2D eigenvalue weighted by Crippen LogP contribution is -2.51. The summed E-state index contributed by atoms with van der Waals surface area (Å²) < 4.78 is 0. The van der Waals surface area contributed by atoms with Gasteiger partial charge in [0.1, 0.15) is 5.78 Å². The van der Waals surface area contributed by atoms with Crippen molar-refractivity contribution in [3.05, 3.63) is 39.5 Å². The fourth-order valence-corrected chi connectivity index (χ4v) is 7.20. The quantitative estimate of drug-likeness (QED) is 0.733. The molecule has 1 aromatic carbocycles. The van der Waals surface area contributed by atoms with Gasteiger partial charge in [-0.1, -0.05) is 38.5 Å². The van der Waals surface area contributed by atoms with Gasteiger partial charge >= 0.3 is 0 Å². The Morgan fingerprint density at radius 2 is 1.83 bits per heavy atom. The van der Waals surface area contributed by atoms with Crippen molar-refractivity contribution in [2.75, 3.05) is 0 Å². The molecule has 3 heteroatoms. The van der Waals surface area contributed by atoms with Crippen LogP contribution in [0, 0.1) is 23.2 Å². The van der Waals surface area contributed by atoms with Crippen molar-refractivity contribution in [2.24, 2.45) is 23.2 Å². The predicted molar refractivity (Wildman–Crippen MR) is 115 cm³/mol. The second-order valence-corrected chi connectivity index (χ2v) is 10.6. The SMILES string of the molecule is CC1=C(O)C(=O)C=c2c1ccc1c2=C(C)C2C3CC(C)C(=O)CC3(C)CCC12C. The fourth-order valence-electron chi connectivity index (χ4n) is 7.20. The lowest BCUT2D eigenvalue weighted by molar-refractivity contribution is -0.134. The summed E-state index contributed by atoms with van der Waals surface area (Å²) in [5.74, 6) is 1.02. The Hall–Kier alpha value is -2.16. The van der Waals surface area contributed by atoms with E-state index in [1.54, 1.807) is 6.08 Å². The summed E-state index contributed by atoms with van der Waals surface area (Å²) in [5.41, 5.74) is 4.48. The van der Waals surface area contributed by atoms with Gasteiger partial charge in [-0.25, -0.2) is 0 Å². The molecule has 5 atom stereocenters. The van der Waals surface area contributed by atoms with E-state index >= 15 is 0 Å². The minimum Gasteiger partial charge on any atom is -0.504 e. The van der Waals surface area contributed by atoms with E-state index in [4.69, 9.17) is 0 Å². The summed E-state index contributed by atoms with van der Waals surface area (Å²) in [5, 5.41) is 12.4. The van der Waals surface area contributed by atoms with Crippen molar-refractivity contribution in [1.29, 1.82) is 0 Å². The zero-order valence-electron chi connectivity index (χ0n) is 18.1. The third-order valence-electron chi connectivity index (χ3n) is 8.92. The van der Waals surface area contributed by atoms with Gasteiger partial charge in [0.05, 0.1) is 0 Å². The first-order valence-electron chi connectivity index (χ1n) is 10.9. The van der Waals surface area contributed by atoms with Crippen LogP contribution in [-0.4, -0.2) is 16.7 Å². The molecule has 0 amide bonds. The largest absolute Gasteiger partial charge is 0.504 e. The molecule has 0 aliphatic heterocycles. The smallest absolute Gasteiger partial charge is 0.221 e. The molecule has 5 unspecified atom stereocenters. The molecule has 152 valence electrons. The molecular weight excluding hydrogens is 360 g/mol. The number of allylic oxidation sites excluding steroid dienone is 2. The van der Waals surface area contributed by atoms with E-state index in [-0.39, 0.29) is 28.3 Å². The first kappa shape index (κ1) is 18.8. The van der Waals surface area contributed by atoms with Crippen LogP contribution in [-0.2, 0) is 15.0 Å². The van der Waals surface area contributed by atoms with Gasteiger partial charge in [0.15, 0.2) is 5.76 Å². The van der Waals surface area contributed by atoms with Crippen molar-refractivity contribution in [3.63, 3.8) is 0 Å². The molecule has 3 nitrogen and oxygen atoms in total. The van der Waals surface area contributed by atoms with Crippen LogP contribution in [0.4, 0.5) is 0 Å². The number of carbonyl (C=O) groups excluding carboxylic acids is 2. The van der Waals surface area contributed by atoms with Crippen LogP contribution in [0.3, 0.4) is 0 Å². The Labute approximate surface area is 172 Å². The number of aliphatic hydroxyl groups excluding tert-OH is 1. The van der Waals surface area contributed by atoms with Gasteiger partial charge in [-0.3, -0.25) is 9.59 Å². The fraction of sp³-hybridized carbons (Fsp3) is 0.538. The van der Waals surface area contributed by atoms with E-state index < -0.39 is 0 Å². The van der Waals surface area contributed by atoms with Crippen molar-refractivity contribution in [1.82, 2.24) is 0 Å². The maximum atomic E-state index is 12.5. The predicted octanol–water partition coefficient (Wildman–Crippen LogP) is 3.81. The summed E-state index contributed by atoms with van der Waals surface area (Å²) in [4.78, 5) is 25.0. The minimum atomic E-state index is -0.294. The summed E-state index contributed by atoms with van der Waals surface area (Å²) in [6, 6.07) is 4.32. The highest BCUT2D eigenvalue weighted by molar-refractivity contribution is 6.20. The molecule has 4 aliphatic carbocycles. The third-order valence-corrected chi connectivity index (χ3v) is 8.92. The van der Waals surface area contributed by atoms with Crippen molar-refractivity contribution in [2.45, 2.75) is 65.7 Å². The van der Waals surface area contributed by atoms with E-state index in [1.165, 1.54) is 16.4 Å². The lowest BCUT2D eigenvalue weighted by Gasteiger charge is -2.56. The van der Waals surface area contributed by atoms with Gasteiger partial charge in [-0.15, -0.1) is 0 Å². The molecule has 5 rings (SSSR count). The Kier molecular flexibility index (Phi) is 3.71. The summed E-state index contributed by atoms with van der Waals surface area (Å²) in [6.45, 7) is 10.9. The van der Waals surface area contributed by atoms with Crippen molar-refractivity contribution in [3.8, 4) is 0 Å². The topological polar surface area (TPSA) is 54.4 Å². The number of fused-ring (bicyclic) bond motifs is 7. The highest BCUT2D eigenvalue weighted by Gasteiger charge is 2.58. The zero-order chi connectivity index (χ0) is 20.9. The lowest BCUT2D eigenvalue weighted by atomic mass is 9.48. The van der Waals surface area contributed by atoms with Crippen LogP contribution in [0.5, 0.6) is 0 Å². The van der Waals surface area contributed by atoms with Gasteiger partial charge in [-0.2, -0.15) is 0 Å². The van der Waals surface area contributed by atoms with Crippen LogP contribution in [0.2, 0.25) is 0 Å². The van der Waals surface area contributed by atoms with Gasteiger partial charge in [-0.05, 0) is 83.4 Å². The van der Waals surface area contributed by atoms with Gasteiger partial charge in [0.2, 0.25) is 5.78 Å². The molecule has 1 N–H and O–H groups in total. The normalized spacial score (nSPS) is 38.2. The van der Waals surface area contributed by atoms with Crippen LogP contribution < -0.4 is 10.4 Å². The summed E-state index contributed by atoms with van der Waals surface area (Å²) in [7, 11) is 0. The van der Waals surface area contributed by atoms with Crippen molar-refractivity contribution >= 4 is 28.8 Å². The highest BCUT2D eigenvalue weighted by Crippen LogP contribution is 2.62.